The summed E-state index contributed by atoms with van der Waals surface area (Å²) in [7, 11) is 1.66. The van der Waals surface area contributed by atoms with Gasteiger partial charge in [-0.2, -0.15) is 0 Å². The smallest absolute Gasteiger partial charge is 0.166 e. The predicted molar refractivity (Wildman–Crippen MR) is 90.8 cm³/mol. The predicted octanol–water partition coefficient (Wildman–Crippen LogP) is 4.43. The van der Waals surface area contributed by atoms with Crippen molar-refractivity contribution in [1.82, 2.24) is 5.32 Å². The summed E-state index contributed by atoms with van der Waals surface area (Å²) in [5.74, 6) is 1.53. The Balaban J connectivity index is 2.14. The molecule has 118 valence electrons. The van der Waals surface area contributed by atoms with Gasteiger partial charge in [0.1, 0.15) is 6.61 Å². The largest absolute Gasteiger partial charge is 0.493 e. The van der Waals surface area contributed by atoms with E-state index in [9.17, 15) is 0 Å². The van der Waals surface area contributed by atoms with Crippen LogP contribution in [0.15, 0.2) is 42.5 Å². The van der Waals surface area contributed by atoms with Crippen molar-refractivity contribution in [2.75, 3.05) is 7.11 Å². The van der Waals surface area contributed by atoms with Gasteiger partial charge in [0.15, 0.2) is 11.5 Å². The lowest BCUT2D eigenvalue weighted by atomic mass is 10.1. The summed E-state index contributed by atoms with van der Waals surface area (Å²) in [6.07, 6.45) is 0. The van der Waals surface area contributed by atoms with E-state index in [2.05, 4.69) is 25.2 Å². The molecule has 0 heterocycles. The van der Waals surface area contributed by atoms with Crippen LogP contribution in [-0.2, 0) is 13.2 Å². The van der Waals surface area contributed by atoms with E-state index in [0.717, 1.165) is 34.2 Å². The fourth-order valence-electron chi connectivity index (χ4n) is 2.08. The Labute approximate surface area is 137 Å². The summed E-state index contributed by atoms with van der Waals surface area (Å²) in [5.41, 5.74) is 2.15. The molecule has 0 aliphatic heterocycles. The highest BCUT2D eigenvalue weighted by molar-refractivity contribution is 6.30. The second-order valence-electron chi connectivity index (χ2n) is 5.40. The molecule has 0 spiro atoms. The van der Waals surface area contributed by atoms with Crippen LogP contribution < -0.4 is 14.8 Å². The number of hydrogen-bond donors (Lipinski definition) is 1. The highest BCUT2D eigenvalue weighted by atomic mass is 35.5. The first kappa shape index (κ1) is 16.7. The third kappa shape index (κ3) is 4.65. The minimum absolute atomic E-state index is 0.412. The van der Waals surface area contributed by atoms with Crippen molar-refractivity contribution >= 4 is 11.6 Å². The first-order valence-electron chi connectivity index (χ1n) is 7.36. The molecule has 0 bridgehead atoms. The zero-order chi connectivity index (χ0) is 15.9. The first-order valence-corrected chi connectivity index (χ1v) is 7.74. The van der Waals surface area contributed by atoms with Gasteiger partial charge >= 0.3 is 0 Å². The SMILES string of the molecule is COc1cccc(CNC(C)C)c1OCc1ccc(Cl)cc1. The van der Waals surface area contributed by atoms with E-state index in [1.165, 1.54) is 0 Å². The van der Waals surface area contributed by atoms with Crippen molar-refractivity contribution in [3.63, 3.8) is 0 Å². The minimum Gasteiger partial charge on any atom is -0.493 e. The fraction of sp³-hybridized carbons (Fsp3) is 0.333. The normalized spacial score (nSPS) is 10.8. The van der Waals surface area contributed by atoms with Gasteiger partial charge < -0.3 is 14.8 Å². The number of methoxy groups -OCH3 is 1. The van der Waals surface area contributed by atoms with Gasteiger partial charge in [0.25, 0.3) is 0 Å². The number of para-hydroxylation sites is 1. The van der Waals surface area contributed by atoms with Gasteiger partial charge in [-0.15, -0.1) is 0 Å². The molecule has 0 saturated heterocycles. The average molecular weight is 320 g/mol. The van der Waals surface area contributed by atoms with Gasteiger partial charge in [-0.05, 0) is 23.8 Å². The van der Waals surface area contributed by atoms with Crippen LogP contribution in [0.25, 0.3) is 0 Å². The summed E-state index contributed by atoms with van der Waals surface area (Å²) >= 11 is 5.90. The van der Waals surface area contributed by atoms with E-state index < -0.39 is 0 Å². The lowest BCUT2D eigenvalue weighted by Gasteiger charge is -2.16. The van der Waals surface area contributed by atoms with Crippen LogP contribution in [0.2, 0.25) is 5.02 Å². The van der Waals surface area contributed by atoms with Crippen molar-refractivity contribution in [3.05, 3.63) is 58.6 Å². The third-order valence-electron chi connectivity index (χ3n) is 3.28. The molecular formula is C18H22ClNO2. The van der Waals surface area contributed by atoms with E-state index in [1.54, 1.807) is 7.11 Å². The molecule has 0 saturated carbocycles. The van der Waals surface area contributed by atoms with Crippen LogP contribution in [0, 0.1) is 0 Å². The average Bonchev–Trinajstić information content (AvgIpc) is 2.52. The summed E-state index contributed by atoms with van der Waals surface area (Å²) in [6, 6.07) is 14.0. The summed E-state index contributed by atoms with van der Waals surface area (Å²) in [6.45, 7) is 5.46. The highest BCUT2D eigenvalue weighted by Gasteiger charge is 2.11. The lowest BCUT2D eigenvalue weighted by Crippen LogP contribution is -2.22. The zero-order valence-electron chi connectivity index (χ0n) is 13.2. The number of halogens is 1. The first-order chi connectivity index (χ1) is 10.6. The molecule has 22 heavy (non-hydrogen) atoms. The summed E-state index contributed by atoms with van der Waals surface area (Å²) in [5, 5.41) is 4.13. The molecule has 0 aromatic heterocycles. The molecule has 0 radical (unpaired) electrons. The zero-order valence-corrected chi connectivity index (χ0v) is 14.0. The molecule has 0 aliphatic rings. The van der Waals surface area contributed by atoms with Gasteiger partial charge in [-0.1, -0.05) is 49.7 Å². The van der Waals surface area contributed by atoms with Gasteiger partial charge in [0.2, 0.25) is 0 Å². The maximum absolute atomic E-state index is 6.01. The van der Waals surface area contributed by atoms with Gasteiger partial charge in [-0.25, -0.2) is 0 Å². The van der Waals surface area contributed by atoms with Gasteiger partial charge in [0, 0.05) is 23.2 Å². The number of nitrogens with one attached hydrogen (secondary N) is 1. The van der Waals surface area contributed by atoms with Crippen molar-refractivity contribution in [2.24, 2.45) is 0 Å². The molecular weight excluding hydrogens is 298 g/mol. The summed E-state index contributed by atoms with van der Waals surface area (Å²) < 4.78 is 11.4. The van der Waals surface area contributed by atoms with Crippen molar-refractivity contribution in [3.8, 4) is 11.5 Å². The Bertz CT molecular complexity index is 597. The molecule has 1 N–H and O–H groups in total. The molecule has 2 aromatic rings. The van der Waals surface area contributed by atoms with Crippen molar-refractivity contribution in [2.45, 2.75) is 33.0 Å². The van der Waals surface area contributed by atoms with Crippen LogP contribution in [0.5, 0.6) is 11.5 Å². The van der Waals surface area contributed by atoms with Crippen molar-refractivity contribution in [1.29, 1.82) is 0 Å². The Hall–Kier alpha value is -1.71. The second-order valence-corrected chi connectivity index (χ2v) is 5.84. The van der Waals surface area contributed by atoms with E-state index in [1.807, 2.05) is 36.4 Å². The highest BCUT2D eigenvalue weighted by Crippen LogP contribution is 2.32. The molecule has 0 fully saturated rings. The van der Waals surface area contributed by atoms with Crippen LogP contribution >= 0.6 is 11.6 Å². The maximum atomic E-state index is 6.01. The van der Waals surface area contributed by atoms with Crippen LogP contribution in [0.1, 0.15) is 25.0 Å². The Morgan fingerprint density at radius 3 is 2.45 bits per heavy atom. The van der Waals surface area contributed by atoms with E-state index >= 15 is 0 Å². The quantitative estimate of drug-likeness (QED) is 0.819. The Kier molecular flexibility index (Phi) is 6.10. The number of rotatable bonds is 7. The number of ether oxygens (including phenoxy) is 2. The minimum atomic E-state index is 0.412. The van der Waals surface area contributed by atoms with Crippen LogP contribution in [0.3, 0.4) is 0 Å². The molecule has 0 atom stereocenters. The van der Waals surface area contributed by atoms with Crippen molar-refractivity contribution < 1.29 is 9.47 Å². The number of hydrogen-bond acceptors (Lipinski definition) is 3. The number of benzene rings is 2. The fourth-order valence-corrected chi connectivity index (χ4v) is 2.20. The molecule has 0 aliphatic carbocycles. The molecule has 2 rings (SSSR count). The topological polar surface area (TPSA) is 30.5 Å². The standard InChI is InChI=1S/C18H22ClNO2/c1-13(2)20-11-15-5-4-6-17(21-3)18(15)22-12-14-7-9-16(19)10-8-14/h4-10,13,20H,11-12H2,1-3H3. The van der Waals surface area contributed by atoms with E-state index in [-0.39, 0.29) is 0 Å². The monoisotopic (exact) mass is 319 g/mol. The molecule has 4 heteroatoms. The van der Waals surface area contributed by atoms with Crippen LogP contribution in [-0.4, -0.2) is 13.2 Å². The van der Waals surface area contributed by atoms with Crippen LogP contribution in [0.4, 0.5) is 0 Å². The molecule has 2 aromatic carbocycles. The lowest BCUT2D eigenvalue weighted by molar-refractivity contribution is 0.280. The molecule has 3 nitrogen and oxygen atoms in total. The van der Waals surface area contributed by atoms with Gasteiger partial charge in [-0.3, -0.25) is 0 Å². The Morgan fingerprint density at radius 2 is 1.82 bits per heavy atom. The summed E-state index contributed by atoms with van der Waals surface area (Å²) in [4.78, 5) is 0. The maximum Gasteiger partial charge on any atom is 0.166 e. The van der Waals surface area contributed by atoms with E-state index in [4.69, 9.17) is 21.1 Å². The van der Waals surface area contributed by atoms with Gasteiger partial charge in [0.05, 0.1) is 7.11 Å². The van der Waals surface area contributed by atoms with E-state index in [0.29, 0.717) is 12.6 Å². The molecule has 0 unspecified atom stereocenters. The second kappa shape index (κ2) is 8.06. The Morgan fingerprint density at radius 1 is 1.09 bits per heavy atom. The molecule has 0 amide bonds. The third-order valence-corrected chi connectivity index (χ3v) is 3.53.